The zero-order chi connectivity index (χ0) is 24.6. The third-order valence-corrected chi connectivity index (χ3v) is 6.82. The lowest BCUT2D eigenvalue weighted by Gasteiger charge is -2.10. The summed E-state index contributed by atoms with van der Waals surface area (Å²) in [5, 5.41) is 5.74. The van der Waals surface area contributed by atoms with E-state index in [4.69, 9.17) is 18.6 Å². The van der Waals surface area contributed by atoms with Crippen LogP contribution >= 0.6 is 11.3 Å². The lowest BCUT2D eigenvalue weighted by molar-refractivity contribution is 0.307. The minimum absolute atomic E-state index is 0.409. The normalized spacial score (nSPS) is 11.3. The molecule has 0 bridgehead atoms. The van der Waals surface area contributed by atoms with Gasteiger partial charge in [0.15, 0.2) is 5.76 Å². The second kappa shape index (κ2) is 9.05. The van der Waals surface area contributed by atoms with E-state index in [-0.39, 0.29) is 0 Å². The van der Waals surface area contributed by atoms with Crippen molar-refractivity contribution in [2.75, 3.05) is 14.2 Å². The van der Waals surface area contributed by atoms with Crippen LogP contribution in [0.1, 0.15) is 11.1 Å². The van der Waals surface area contributed by atoms with Gasteiger partial charge >= 0.3 is 0 Å². The van der Waals surface area contributed by atoms with E-state index >= 15 is 0 Å². The van der Waals surface area contributed by atoms with Crippen LogP contribution in [0.25, 0.3) is 38.5 Å². The van der Waals surface area contributed by atoms with Crippen molar-refractivity contribution in [1.29, 1.82) is 0 Å². The Kier molecular flexibility index (Phi) is 5.58. The fourth-order valence-corrected chi connectivity index (χ4v) is 4.86. The summed E-state index contributed by atoms with van der Waals surface area (Å²) in [6.07, 6.45) is 1.82. The molecule has 180 valence electrons. The molecular weight excluding hydrogens is 474 g/mol. The van der Waals surface area contributed by atoms with Crippen molar-refractivity contribution in [1.82, 2.24) is 14.6 Å². The minimum atomic E-state index is 0.409. The first-order valence-corrected chi connectivity index (χ1v) is 12.2. The fourth-order valence-electron chi connectivity index (χ4n) is 4.16. The van der Waals surface area contributed by atoms with Gasteiger partial charge in [0.2, 0.25) is 4.96 Å². The van der Waals surface area contributed by atoms with Gasteiger partial charge in [0.05, 0.1) is 25.8 Å². The first-order valence-electron chi connectivity index (χ1n) is 11.4. The van der Waals surface area contributed by atoms with Gasteiger partial charge in [-0.1, -0.05) is 48.0 Å². The van der Waals surface area contributed by atoms with Crippen LogP contribution in [0.2, 0.25) is 0 Å². The van der Waals surface area contributed by atoms with Crippen molar-refractivity contribution in [2.24, 2.45) is 0 Å². The molecule has 0 N–H and O–H groups in total. The maximum atomic E-state index is 6.29. The second-order valence-corrected chi connectivity index (χ2v) is 9.35. The van der Waals surface area contributed by atoms with Crippen LogP contribution in [0.5, 0.6) is 16.7 Å². The Morgan fingerprint density at radius 1 is 0.944 bits per heavy atom. The summed E-state index contributed by atoms with van der Waals surface area (Å²) in [7, 11) is 3.22. The molecule has 0 aliphatic carbocycles. The first-order chi connectivity index (χ1) is 17.6. The summed E-state index contributed by atoms with van der Waals surface area (Å²) >= 11 is 1.37. The third-order valence-electron chi connectivity index (χ3n) is 5.93. The van der Waals surface area contributed by atoms with Crippen molar-refractivity contribution < 1.29 is 18.6 Å². The molecule has 36 heavy (non-hydrogen) atoms. The van der Waals surface area contributed by atoms with E-state index in [1.165, 1.54) is 22.5 Å². The second-order valence-electron chi connectivity index (χ2n) is 8.43. The van der Waals surface area contributed by atoms with Crippen molar-refractivity contribution in [3.8, 4) is 39.3 Å². The Hall–Kier alpha value is -4.30. The van der Waals surface area contributed by atoms with Gasteiger partial charge in [-0.25, -0.2) is 9.50 Å². The number of fused-ring (bicyclic) bond motifs is 2. The van der Waals surface area contributed by atoms with E-state index < -0.39 is 0 Å². The molecule has 0 radical (unpaired) electrons. The summed E-state index contributed by atoms with van der Waals surface area (Å²) in [6, 6.07) is 22.6. The number of benzene rings is 3. The van der Waals surface area contributed by atoms with Crippen LogP contribution in [-0.4, -0.2) is 28.8 Å². The predicted octanol–water partition coefficient (Wildman–Crippen LogP) is 6.78. The number of methoxy groups -OCH3 is 2. The van der Waals surface area contributed by atoms with E-state index in [9.17, 15) is 0 Å². The molecule has 3 aromatic carbocycles. The topological polar surface area (TPSA) is 71.0 Å². The van der Waals surface area contributed by atoms with Gasteiger partial charge in [0, 0.05) is 12.1 Å². The van der Waals surface area contributed by atoms with Gasteiger partial charge in [-0.3, -0.25) is 0 Å². The molecule has 7 nitrogen and oxygen atoms in total. The third kappa shape index (κ3) is 4.16. The minimum Gasteiger partial charge on any atom is -0.496 e. The van der Waals surface area contributed by atoms with E-state index in [0.717, 1.165) is 21.5 Å². The zero-order valence-corrected chi connectivity index (χ0v) is 20.8. The molecule has 0 atom stereocenters. The molecule has 8 heteroatoms. The van der Waals surface area contributed by atoms with Gasteiger partial charge < -0.3 is 18.6 Å². The Balaban J connectivity index is 1.31. The lowest BCUT2D eigenvalue weighted by atomic mass is 10.0. The molecule has 6 rings (SSSR count). The monoisotopic (exact) mass is 497 g/mol. The molecule has 3 aromatic heterocycles. The van der Waals surface area contributed by atoms with Crippen LogP contribution in [-0.2, 0) is 6.61 Å². The maximum Gasteiger partial charge on any atom is 0.294 e. The highest BCUT2D eigenvalue weighted by atomic mass is 32.1. The summed E-state index contributed by atoms with van der Waals surface area (Å²) in [5.41, 5.74) is 6.00. The molecule has 0 aliphatic heterocycles. The molecule has 3 heterocycles. The summed E-state index contributed by atoms with van der Waals surface area (Å²) in [4.78, 5) is 5.36. The Morgan fingerprint density at radius 2 is 1.78 bits per heavy atom. The predicted molar refractivity (Wildman–Crippen MR) is 140 cm³/mol. The highest BCUT2D eigenvalue weighted by molar-refractivity contribution is 7.18. The highest BCUT2D eigenvalue weighted by Gasteiger charge is 2.17. The van der Waals surface area contributed by atoms with Crippen LogP contribution in [0.15, 0.2) is 77.3 Å². The number of aryl methyl sites for hydroxylation is 1. The molecule has 0 saturated heterocycles. The summed E-state index contributed by atoms with van der Waals surface area (Å²) in [6.45, 7) is 2.51. The largest absolute Gasteiger partial charge is 0.496 e. The number of rotatable bonds is 7. The number of nitrogens with zero attached hydrogens (tertiary/aromatic N) is 3. The van der Waals surface area contributed by atoms with Crippen molar-refractivity contribution >= 4 is 27.3 Å². The zero-order valence-electron chi connectivity index (χ0n) is 20.0. The number of hydrogen-bond acceptors (Lipinski definition) is 7. The Labute approximate surface area is 211 Å². The molecule has 0 amide bonds. The van der Waals surface area contributed by atoms with E-state index in [1.54, 1.807) is 18.7 Å². The standard InChI is InChI=1S/C28H23N3O4S/c1-17-6-4-8-19(10-17)20-9-5-7-18(11-20)16-34-24-12-21(32-2)13-25-22(24)14-26(35-25)23-15-31-27(29-23)36-28(30-31)33-3/h4-15H,16H2,1-3H3. The number of furan rings is 1. The van der Waals surface area contributed by atoms with Gasteiger partial charge in [-0.2, -0.15) is 0 Å². The lowest BCUT2D eigenvalue weighted by Crippen LogP contribution is -1.97. The van der Waals surface area contributed by atoms with Gasteiger partial charge in [-0.15, -0.1) is 5.10 Å². The van der Waals surface area contributed by atoms with Crippen LogP contribution < -0.4 is 14.2 Å². The van der Waals surface area contributed by atoms with Gasteiger partial charge in [-0.05, 0) is 47.1 Å². The molecular formula is C28H23N3O4S. The van der Waals surface area contributed by atoms with E-state index in [2.05, 4.69) is 65.5 Å². The number of aromatic nitrogens is 3. The quantitative estimate of drug-likeness (QED) is 0.242. The van der Waals surface area contributed by atoms with Crippen LogP contribution in [0, 0.1) is 6.92 Å². The summed E-state index contributed by atoms with van der Waals surface area (Å²) < 4.78 is 24.8. The molecule has 0 unspecified atom stereocenters. The number of imidazole rings is 1. The number of ether oxygens (including phenoxy) is 3. The molecule has 0 aliphatic rings. The molecule has 0 spiro atoms. The van der Waals surface area contributed by atoms with Gasteiger partial charge in [0.25, 0.3) is 5.19 Å². The van der Waals surface area contributed by atoms with Gasteiger partial charge in [0.1, 0.15) is 29.4 Å². The van der Waals surface area contributed by atoms with Crippen molar-refractivity contribution in [2.45, 2.75) is 13.5 Å². The van der Waals surface area contributed by atoms with Crippen LogP contribution in [0.3, 0.4) is 0 Å². The molecule has 6 aromatic rings. The maximum absolute atomic E-state index is 6.29. The van der Waals surface area contributed by atoms with Crippen molar-refractivity contribution in [3.63, 3.8) is 0 Å². The number of hydrogen-bond donors (Lipinski definition) is 0. The summed E-state index contributed by atoms with van der Waals surface area (Å²) in [5.74, 6) is 1.96. The van der Waals surface area contributed by atoms with Crippen molar-refractivity contribution in [3.05, 3.63) is 84.1 Å². The SMILES string of the molecule is COc1cc(OCc2cccc(-c3cccc(C)c3)c2)c2cc(-c3cn4nc(OC)sc4n3)oc2c1. The van der Waals surface area contributed by atoms with Crippen LogP contribution in [0.4, 0.5) is 0 Å². The molecule has 0 fully saturated rings. The molecule has 0 saturated carbocycles. The Bertz CT molecular complexity index is 1670. The average Bonchev–Trinajstić information content (AvgIpc) is 3.60. The highest BCUT2D eigenvalue weighted by Crippen LogP contribution is 2.37. The van der Waals surface area contributed by atoms with E-state index in [1.807, 2.05) is 24.4 Å². The first kappa shape index (κ1) is 22.2. The fraction of sp³-hybridized carbons (Fsp3) is 0.143. The Morgan fingerprint density at radius 3 is 2.56 bits per heavy atom. The van der Waals surface area contributed by atoms with E-state index in [0.29, 0.717) is 40.3 Å². The average molecular weight is 498 g/mol. The smallest absolute Gasteiger partial charge is 0.294 e.